The van der Waals surface area contributed by atoms with E-state index in [4.69, 9.17) is 0 Å². The molecule has 2 unspecified atom stereocenters. The van der Waals surface area contributed by atoms with E-state index in [0.717, 1.165) is 12.8 Å². The second-order valence-corrected chi connectivity index (χ2v) is 3.72. The summed E-state index contributed by atoms with van der Waals surface area (Å²) < 4.78 is 0. The third-order valence-electron chi connectivity index (χ3n) is 3.23. The molecule has 0 heterocycles. The van der Waals surface area contributed by atoms with Gasteiger partial charge in [0.25, 0.3) is 0 Å². The molecular weight excluding hydrogens is 136 g/mol. The van der Waals surface area contributed by atoms with E-state index < -0.39 is 0 Å². The molecule has 1 nitrogen and oxygen atoms in total. The van der Waals surface area contributed by atoms with Gasteiger partial charge in [-0.3, -0.25) is 4.79 Å². The minimum Gasteiger partial charge on any atom is -0.294 e. The van der Waals surface area contributed by atoms with Gasteiger partial charge in [0, 0.05) is 11.8 Å². The van der Waals surface area contributed by atoms with Crippen molar-refractivity contribution in [2.45, 2.75) is 19.3 Å². The van der Waals surface area contributed by atoms with Gasteiger partial charge in [0.15, 0.2) is 5.78 Å². The van der Waals surface area contributed by atoms with Crippen molar-refractivity contribution in [3.05, 3.63) is 23.3 Å². The summed E-state index contributed by atoms with van der Waals surface area (Å²) in [5.41, 5.74) is 2.97. The van der Waals surface area contributed by atoms with Crippen LogP contribution in [0.2, 0.25) is 0 Å². The molecule has 1 saturated carbocycles. The van der Waals surface area contributed by atoms with E-state index in [-0.39, 0.29) is 0 Å². The SMILES string of the molecule is O=C1C=C2CCC3=CCC1C32. The molecule has 56 valence electrons. The molecule has 1 fully saturated rings. The zero-order valence-electron chi connectivity index (χ0n) is 6.34. The first-order valence-electron chi connectivity index (χ1n) is 4.29. The molecule has 0 bridgehead atoms. The largest absolute Gasteiger partial charge is 0.294 e. The van der Waals surface area contributed by atoms with Crippen molar-refractivity contribution in [3.63, 3.8) is 0 Å². The zero-order valence-corrected chi connectivity index (χ0v) is 6.34. The molecular formula is C10H10O. The lowest BCUT2D eigenvalue weighted by Crippen LogP contribution is -2.10. The smallest absolute Gasteiger partial charge is 0.159 e. The van der Waals surface area contributed by atoms with Gasteiger partial charge < -0.3 is 0 Å². The number of ketones is 1. The Labute approximate surface area is 65.8 Å². The van der Waals surface area contributed by atoms with Gasteiger partial charge in [-0.25, -0.2) is 0 Å². The summed E-state index contributed by atoms with van der Waals surface area (Å²) in [6.07, 6.45) is 7.57. The van der Waals surface area contributed by atoms with Gasteiger partial charge in [-0.15, -0.1) is 0 Å². The summed E-state index contributed by atoms with van der Waals surface area (Å²) in [4.78, 5) is 11.3. The fourth-order valence-electron chi connectivity index (χ4n) is 2.73. The van der Waals surface area contributed by atoms with Crippen molar-refractivity contribution in [2.75, 3.05) is 0 Å². The fourth-order valence-corrected chi connectivity index (χ4v) is 2.73. The Hall–Kier alpha value is -0.850. The summed E-state index contributed by atoms with van der Waals surface area (Å²) in [6.45, 7) is 0. The molecule has 0 aliphatic heterocycles. The number of allylic oxidation sites excluding steroid dienone is 4. The van der Waals surface area contributed by atoms with Crippen molar-refractivity contribution < 1.29 is 4.79 Å². The van der Waals surface area contributed by atoms with Gasteiger partial charge in [-0.2, -0.15) is 0 Å². The Bertz CT molecular complexity index is 296. The van der Waals surface area contributed by atoms with Crippen LogP contribution in [0.4, 0.5) is 0 Å². The molecule has 0 aromatic carbocycles. The lowest BCUT2D eigenvalue weighted by molar-refractivity contribution is -0.117. The second kappa shape index (κ2) is 1.66. The maximum absolute atomic E-state index is 11.3. The molecule has 2 atom stereocenters. The highest BCUT2D eigenvalue weighted by Gasteiger charge is 2.43. The minimum absolute atomic E-state index is 0.336. The fraction of sp³-hybridized carbons (Fsp3) is 0.500. The lowest BCUT2D eigenvalue weighted by Gasteiger charge is -2.07. The molecule has 0 N–H and O–H groups in total. The van der Waals surface area contributed by atoms with Crippen LogP contribution in [0.25, 0.3) is 0 Å². The molecule has 0 amide bonds. The van der Waals surface area contributed by atoms with Gasteiger partial charge in [0.1, 0.15) is 0 Å². The van der Waals surface area contributed by atoms with Crippen LogP contribution in [0.5, 0.6) is 0 Å². The van der Waals surface area contributed by atoms with Gasteiger partial charge in [0.05, 0.1) is 0 Å². The van der Waals surface area contributed by atoms with Crippen LogP contribution in [0.1, 0.15) is 19.3 Å². The van der Waals surface area contributed by atoms with Crippen LogP contribution in [-0.2, 0) is 4.79 Å². The van der Waals surface area contributed by atoms with Crippen LogP contribution >= 0.6 is 0 Å². The monoisotopic (exact) mass is 146 g/mol. The third-order valence-corrected chi connectivity index (χ3v) is 3.23. The lowest BCUT2D eigenvalue weighted by atomic mass is 9.94. The first-order chi connectivity index (χ1) is 5.36. The van der Waals surface area contributed by atoms with Crippen molar-refractivity contribution in [1.82, 2.24) is 0 Å². The molecule has 0 radical (unpaired) electrons. The molecule has 1 heteroatoms. The van der Waals surface area contributed by atoms with E-state index in [0.29, 0.717) is 17.6 Å². The highest BCUT2D eigenvalue weighted by atomic mass is 16.1. The standard InChI is InChI=1S/C10H10O/c11-9-5-7-2-1-6-3-4-8(9)10(6)7/h3,5,8,10H,1-2,4H2. The molecule has 11 heavy (non-hydrogen) atoms. The first kappa shape index (κ1) is 5.76. The maximum Gasteiger partial charge on any atom is 0.159 e. The van der Waals surface area contributed by atoms with Crippen LogP contribution < -0.4 is 0 Å². The predicted octanol–water partition coefficient (Wildman–Crippen LogP) is 1.85. The van der Waals surface area contributed by atoms with E-state index in [1.54, 1.807) is 5.57 Å². The number of carbonyl (C=O) groups is 1. The Balaban J connectivity index is 2.16. The average Bonchev–Trinajstić information content (AvgIpc) is 2.53. The topological polar surface area (TPSA) is 17.1 Å². The highest BCUT2D eigenvalue weighted by molar-refractivity contribution is 5.97. The van der Waals surface area contributed by atoms with Crippen molar-refractivity contribution in [2.24, 2.45) is 11.8 Å². The summed E-state index contributed by atoms with van der Waals surface area (Å²) in [6, 6.07) is 0. The third kappa shape index (κ3) is 0.550. The molecule has 0 spiro atoms. The number of hydrogen-bond acceptors (Lipinski definition) is 1. The summed E-state index contributed by atoms with van der Waals surface area (Å²) in [5.74, 6) is 1.29. The number of rotatable bonds is 0. The minimum atomic E-state index is 0.336. The molecule has 0 aromatic heterocycles. The zero-order chi connectivity index (χ0) is 7.42. The Morgan fingerprint density at radius 3 is 3.00 bits per heavy atom. The molecule has 3 aliphatic rings. The normalized spacial score (nSPS) is 39.1. The Kier molecular flexibility index (Phi) is 0.867. The van der Waals surface area contributed by atoms with Crippen LogP contribution in [0.3, 0.4) is 0 Å². The van der Waals surface area contributed by atoms with Gasteiger partial charge >= 0.3 is 0 Å². The highest BCUT2D eigenvalue weighted by Crippen LogP contribution is 2.50. The van der Waals surface area contributed by atoms with Crippen LogP contribution in [0.15, 0.2) is 23.3 Å². The predicted molar refractivity (Wildman–Crippen MR) is 42.0 cm³/mol. The number of hydrogen-bond donors (Lipinski definition) is 0. The van der Waals surface area contributed by atoms with Crippen LogP contribution in [0, 0.1) is 11.8 Å². The summed E-state index contributed by atoms with van der Waals surface area (Å²) in [5, 5.41) is 0. The average molecular weight is 146 g/mol. The van der Waals surface area contributed by atoms with Gasteiger partial charge in [-0.1, -0.05) is 17.2 Å². The van der Waals surface area contributed by atoms with E-state index >= 15 is 0 Å². The van der Waals surface area contributed by atoms with E-state index in [2.05, 4.69) is 6.08 Å². The molecule has 3 aliphatic carbocycles. The molecule has 3 rings (SSSR count). The Morgan fingerprint density at radius 1 is 1.27 bits per heavy atom. The quantitative estimate of drug-likeness (QED) is 0.477. The van der Waals surface area contributed by atoms with E-state index in [1.165, 1.54) is 12.0 Å². The molecule has 0 aromatic rings. The number of carbonyl (C=O) groups excluding carboxylic acids is 1. The Morgan fingerprint density at radius 2 is 2.09 bits per heavy atom. The van der Waals surface area contributed by atoms with Crippen molar-refractivity contribution in [1.29, 1.82) is 0 Å². The first-order valence-corrected chi connectivity index (χ1v) is 4.29. The van der Waals surface area contributed by atoms with Gasteiger partial charge in [-0.05, 0) is 25.3 Å². The maximum atomic E-state index is 11.3. The van der Waals surface area contributed by atoms with E-state index in [9.17, 15) is 4.79 Å². The summed E-state index contributed by atoms with van der Waals surface area (Å²) >= 11 is 0. The van der Waals surface area contributed by atoms with Gasteiger partial charge in [0.2, 0.25) is 0 Å². The second-order valence-electron chi connectivity index (χ2n) is 3.72. The van der Waals surface area contributed by atoms with Crippen molar-refractivity contribution in [3.8, 4) is 0 Å². The summed E-state index contributed by atoms with van der Waals surface area (Å²) in [7, 11) is 0. The van der Waals surface area contributed by atoms with Crippen molar-refractivity contribution >= 4 is 5.78 Å². The van der Waals surface area contributed by atoms with E-state index in [1.807, 2.05) is 6.08 Å². The van der Waals surface area contributed by atoms with Crippen LogP contribution in [-0.4, -0.2) is 5.78 Å². The molecule has 0 saturated heterocycles.